The van der Waals surface area contributed by atoms with Crippen molar-refractivity contribution in [2.45, 2.75) is 52.9 Å². The van der Waals surface area contributed by atoms with E-state index in [1.807, 2.05) is 20.1 Å². The summed E-state index contributed by atoms with van der Waals surface area (Å²) in [7, 11) is 0. The molecule has 1 atom stereocenters. The van der Waals surface area contributed by atoms with Gasteiger partial charge >= 0.3 is 0 Å². The molecule has 0 aromatic heterocycles. The molecule has 1 unspecified atom stereocenters. The highest BCUT2D eigenvalue weighted by atomic mass is 15.0. The lowest BCUT2D eigenvalue weighted by Gasteiger charge is -2.36. The first-order valence-electron chi connectivity index (χ1n) is 9.09. The van der Waals surface area contributed by atoms with Gasteiger partial charge in [0.1, 0.15) is 0 Å². The summed E-state index contributed by atoms with van der Waals surface area (Å²) >= 11 is 0. The third-order valence-corrected chi connectivity index (χ3v) is 4.94. The highest BCUT2D eigenvalue weighted by Crippen LogP contribution is 2.50. The molecule has 1 aliphatic carbocycles. The summed E-state index contributed by atoms with van der Waals surface area (Å²) < 4.78 is 0. The molecule has 2 aliphatic rings. The molecule has 1 aromatic rings. The van der Waals surface area contributed by atoms with Crippen molar-refractivity contribution in [2.75, 3.05) is 6.54 Å². The molecule has 2 heteroatoms. The molecule has 0 bridgehead atoms. The lowest BCUT2D eigenvalue weighted by atomic mass is 9.70. The minimum atomic E-state index is -0.0576. The Labute approximate surface area is 147 Å². The zero-order valence-electron chi connectivity index (χ0n) is 15.7. The van der Waals surface area contributed by atoms with Crippen LogP contribution >= 0.6 is 0 Å². The van der Waals surface area contributed by atoms with E-state index in [0.29, 0.717) is 0 Å². The van der Waals surface area contributed by atoms with E-state index in [0.717, 1.165) is 19.4 Å². The van der Waals surface area contributed by atoms with Crippen LogP contribution in [-0.2, 0) is 5.41 Å². The standard InChI is InChI=1S/C20H24N2.C2H6/c1-4-8-16-9-6-7-10-17(16)20(15(3)5-2)12-11-18-19(20)22-14-13-21-18;1-2/h4-10,13,22H,11-12,14H2,1-3H3;1-2H3/b8-4+,15-5+;. The van der Waals surface area contributed by atoms with Gasteiger partial charge in [0.15, 0.2) is 0 Å². The Morgan fingerprint density at radius 1 is 1.21 bits per heavy atom. The minimum Gasteiger partial charge on any atom is -0.381 e. The second kappa shape index (κ2) is 8.14. The summed E-state index contributed by atoms with van der Waals surface area (Å²) in [4.78, 5) is 4.65. The summed E-state index contributed by atoms with van der Waals surface area (Å²) in [6.45, 7) is 11.3. The van der Waals surface area contributed by atoms with Crippen LogP contribution in [-0.4, -0.2) is 12.8 Å². The van der Waals surface area contributed by atoms with Crippen LogP contribution in [0, 0.1) is 0 Å². The largest absolute Gasteiger partial charge is 0.381 e. The molecule has 0 fully saturated rings. The molecule has 24 heavy (non-hydrogen) atoms. The van der Waals surface area contributed by atoms with Crippen molar-refractivity contribution < 1.29 is 0 Å². The molecule has 1 aromatic carbocycles. The fourth-order valence-corrected chi connectivity index (χ4v) is 3.82. The number of nitrogens with zero attached hydrogens (tertiary/aromatic N) is 1. The van der Waals surface area contributed by atoms with Crippen molar-refractivity contribution in [3.05, 3.63) is 64.5 Å². The van der Waals surface area contributed by atoms with Crippen LogP contribution in [0.25, 0.3) is 6.08 Å². The maximum absolute atomic E-state index is 4.65. The molecule has 1 N–H and O–H groups in total. The average molecular weight is 322 g/mol. The second-order valence-electron chi connectivity index (χ2n) is 5.98. The van der Waals surface area contributed by atoms with Crippen LogP contribution in [0.4, 0.5) is 0 Å². The maximum atomic E-state index is 4.65. The van der Waals surface area contributed by atoms with Gasteiger partial charge in [-0.15, -0.1) is 0 Å². The summed E-state index contributed by atoms with van der Waals surface area (Å²) in [6.07, 6.45) is 10.7. The quantitative estimate of drug-likeness (QED) is 0.717. The predicted molar refractivity (Wildman–Crippen MR) is 106 cm³/mol. The summed E-state index contributed by atoms with van der Waals surface area (Å²) in [5, 5.41) is 3.62. The molecule has 0 spiro atoms. The van der Waals surface area contributed by atoms with Gasteiger partial charge in [-0.05, 0) is 44.7 Å². The first kappa shape index (κ1) is 18.3. The fourth-order valence-electron chi connectivity index (χ4n) is 3.82. The molecule has 0 saturated carbocycles. The number of rotatable bonds is 3. The molecule has 1 heterocycles. The van der Waals surface area contributed by atoms with Crippen molar-refractivity contribution in [1.82, 2.24) is 5.32 Å². The van der Waals surface area contributed by atoms with Crippen LogP contribution in [0.3, 0.4) is 0 Å². The van der Waals surface area contributed by atoms with Crippen molar-refractivity contribution >= 4 is 12.3 Å². The third kappa shape index (κ3) is 2.98. The van der Waals surface area contributed by atoms with Crippen LogP contribution in [0.15, 0.2) is 58.4 Å². The Bertz CT molecular complexity index is 692. The number of allylic oxidation sites excluding steroid dienone is 4. The van der Waals surface area contributed by atoms with Crippen molar-refractivity contribution in [2.24, 2.45) is 4.99 Å². The van der Waals surface area contributed by atoms with Gasteiger partial charge in [-0.1, -0.05) is 61.9 Å². The Morgan fingerprint density at radius 2 is 1.96 bits per heavy atom. The zero-order chi connectivity index (χ0) is 17.6. The topological polar surface area (TPSA) is 24.4 Å². The van der Waals surface area contributed by atoms with Gasteiger partial charge in [0.25, 0.3) is 0 Å². The molecule has 0 saturated heterocycles. The van der Waals surface area contributed by atoms with E-state index >= 15 is 0 Å². The fraction of sp³-hybridized carbons (Fsp3) is 0.409. The van der Waals surface area contributed by atoms with Crippen molar-refractivity contribution in [3.63, 3.8) is 0 Å². The third-order valence-electron chi connectivity index (χ3n) is 4.94. The van der Waals surface area contributed by atoms with Crippen molar-refractivity contribution in [1.29, 1.82) is 0 Å². The summed E-state index contributed by atoms with van der Waals surface area (Å²) in [5.41, 5.74) is 6.57. The molecule has 1 aliphatic heterocycles. The predicted octanol–water partition coefficient (Wildman–Crippen LogP) is 5.63. The smallest absolute Gasteiger partial charge is 0.0602 e. The number of hydrogen-bond acceptors (Lipinski definition) is 2. The summed E-state index contributed by atoms with van der Waals surface area (Å²) in [5.74, 6) is 0. The van der Waals surface area contributed by atoms with E-state index in [2.05, 4.69) is 73.6 Å². The van der Waals surface area contributed by atoms with E-state index in [1.165, 1.54) is 28.1 Å². The first-order valence-corrected chi connectivity index (χ1v) is 9.09. The summed E-state index contributed by atoms with van der Waals surface area (Å²) in [6, 6.07) is 8.76. The molecule has 128 valence electrons. The SMILES string of the molecule is C/C=C/c1ccccc1C1(/C(C)=C/C)CCC2=C1NCC=N2.CC. The van der Waals surface area contributed by atoms with E-state index in [4.69, 9.17) is 0 Å². The van der Waals surface area contributed by atoms with E-state index in [1.54, 1.807) is 0 Å². The van der Waals surface area contributed by atoms with Crippen LogP contribution in [0.2, 0.25) is 0 Å². The highest BCUT2D eigenvalue weighted by molar-refractivity contribution is 5.68. The van der Waals surface area contributed by atoms with E-state index in [9.17, 15) is 0 Å². The van der Waals surface area contributed by atoms with Gasteiger partial charge in [-0.3, -0.25) is 4.99 Å². The second-order valence-corrected chi connectivity index (χ2v) is 5.98. The number of nitrogens with one attached hydrogen (secondary N) is 1. The minimum absolute atomic E-state index is 0.0576. The Morgan fingerprint density at radius 3 is 2.67 bits per heavy atom. The van der Waals surface area contributed by atoms with E-state index < -0.39 is 0 Å². The molecule has 0 radical (unpaired) electrons. The average Bonchev–Trinajstić information content (AvgIpc) is 3.04. The number of hydrogen-bond donors (Lipinski definition) is 1. The number of aliphatic imine (C=N–C) groups is 1. The maximum Gasteiger partial charge on any atom is 0.0602 e. The van der Waals surface area contributed by atoms with Crippen molar-refractivity contribution in [3.8, 4) is 0 Å². The van der Waals surface area contributed by atoms with Crippen LogP contribution < -0.4 is 5.32 Å². The van der Waals surface area contributed by atoms with Gasteiger partial charge in [-0.25, -0.2) is 0 Å². The molecular weight excluding hydrogens is 292 g/mol. The Balaban J connectivity index is 0.00000100. The van der Waals surface area contributed by atoms with Gasteiger partial charge in [0.2, 0.25) is 0 Å². The van der Waals surface area contributed by atoms with Gasteiger partial charge in [0, 0.05) is 11.9 Å². The lowest BCUT2D eigenvalue weighted by Crippen LogP contribution is -2.37. The highest BCUT2D eigenvalue weighted by Gasteiger charge is 2.45. The molecule has 0 amide bonds. The number of benzene rings is 1. The van der Waals surface area contributed by atoms with Gasteiger partial charge in [0.05, 0.1) is 17.7 Å². The Kier molecular flexibility index (Phi) is 6.19. The molecular formula is C22H30N2. The molecule has 3 rings (SSSR count). The lowest BCUT2D eigenvalue weighted by molar-refractivity contribution is 0.547. The normalized spacial score (nSPS) is 23.0. The van der Waals surface area contributed by atoms with Crippen LogP contribution in [0.5, 0.6) is 0 Å². The first-order chi connectivity index (χ1) is 11.7. The van der Waals surface area contributed by atoms with Gasteiger partial charge in [-0.2, -0.15) is 0 Å². The monoisotopic (exact) mass is 322 g/mol. The van der Waals surface area contributed by atoms with Gasteiger partial charge < -0.3 is 5.32 Å². The Hall–Kier alpha value is -2.09. The zero-order valence-corrected chi connectivity index (χ0v) is 15.7. The van der Waals surface area contributed by atoms with E-state index in [-0.39, 0.29) is 5.41 Å². The van der Waals surface area contributed by atoms with Crippen LogP contribution in [0.1, 0.15) is 58.6 Å². The molecule has 2 nitrogen and oxygen atoms in total.